The fourth-order valence-electron chi connectivity index (χ4n) is 1.75. The van der Waals surface area contributed by atoms with E-state index in [-0.39, 0.29) is 5.82 Å². The van der Waals surface area contributed by atoms with Crippen LogP contribution in [-0.4, -0.2) is 10.1 Å². The minimum absolute atomic E-state index is 0.297. The van der Waals surface area contributed by atoms with Gasteiger partial charge in [0.1, 0.15) is 5.82 Å². The molecule has 0 spiro atoms. The monoisotopic (exact) mass is 275 g/mol. The first-order valence-corrected chi connectivity index (χ1v) is 6.41. The third-order valence-electron chi connectivity index (χ3n) is 2.66. The van der Waals surface area contributed by atoms with Crippen molar-refractivity contribution in [2.24, 2.45) is 0 Å². The summed E-state index contributed by atoms with van der Waals surface area (Å²) in [6, 6.07) is 7.81. The molecule has 0 bridgehead atoms. The molecule has 0 aliphatic rings. The van der Waals surface area contributed by atoms with E-state index in [9.17, 15) is 4.39 Å². The maximum atomic E-state index is 12.9. The summed E-state index contributed by atoms with van der Waals surface area (Å²) in [6.07, 6.45) is 0. The van der Waals surface area contributed by atoms with Crippen LogP contribution in [0.15, 0.2) is 34.9 Å². The number of halogens is 1. The van der Waals surface area contributed by atoms with Gasteiger partial charge in [0.2, 0.25) is 5.82 Å². The Morgan fingerprint density at radius 3 is 2.63 bits per heavy atom. The van der Waals surface area contributed by atoms with E-state index >= 15 is 0 Å². The normalized spacial score (nSPS) is 10.8. The van der Waals surface area contributed by atoms with Gasteiger partial charge in [-0.1, -0.05) is 5.16 Å². The minimum atomic E-state index is -0.297. The van der Waals surface area contributed by atoms with Gasteiger partial charge < -0.3 is 10.3 Å². The Kier molecular flexibility index (Phi) is 2.79. The maximum Gasteiger partial charge on any atom is 0.268 e. The van der Waals surface area contributed by atoms with Gasteiger partial charge in [0.05, 0.1) is 9.88 Å². The van der Waals surface area contributed by atoms with Crippen LogP contribution in [0.5, 0.6) is 0 Å². The molecule has 19 heavy (non-hydrogen) atoms. The van der Waals surface area contributed by atoms with Crippen LogP contribution in [0, 0.1) is 12.7 Å². The van der Waals surface area contributed by atoms with Crippen molar-refractivity contribution in [3.05, 3.63) is 41.7 Å². The Hall–Kier alpha value is -2.21. The Morgan fingerprint density at radius 2 is 2.00 bits per heavy atom. The third-order valence-corrected chi connectivity index (χ3v) is 3.71. The molecule has 6 heteroatoms. The summed E-state index contributed by atoms with van der Waals surface area (Å²) < 4.78 is 18.1. The number of anilines is 1. The molecule has 4 nitrogen and oxygen atoms in total. The van der Waals surface area contributed by atoms with Crippen molar-refractivity contribution in [1.82, 2.24) is 10.1 Å². The Balaban J connectivity index is 1.99. The van der Waals surface area contributed by atoms with Gasteiger partial charge in [0.15, 0.2) is 0 Å². The van der Waals surface area contributed by atoms with Crippen molar-refractivity contribution in [3.8, 4) is 22.2 Å². The van der Waals surface area contributed by atoms with Crippen molar-refractivity contribution >= 4 is 16.3 Å². The highest BCUT2D eigenvalue weighted by atomic mass is 32.1. The lowest BCUT2D eigenvalue weighted by molar-refractivity contribution is 0.433. The minimum Gasteiger partial charge on any atom is -0.391 e. The second-order valence-corrected chi connectivity index (χ2v) is 5.17. The number of hydrogen-bond acceptors (Lipinski definition) is 5. The van der Waals surface area contributed by atoms with Gasteiger partial charge in [0.25, 0.3) is 5.89 Å². The average molecular weight is 275 g/mol. The molecule has 0 fully saturated rings. The molecule has 0 saturated heterocycles. The van der Waals surface area contributed by atoms with Crippen LogP contribution in [0.25, 0.3) is 22.2 Å². The SMILES string of the molecule is Cc1cc(N)sc1-c1nc(-c2ccc(F)cc2)no1. The predicted molar refractivity (Wildman–Crippen MR) is 72.2 cm³/mol. The van der Waals surface area contributed by atoms with Gasteiger partial charge in [-0.25, -0.2) is 4.39 Å². The van der Waals surface area contributed by atoms with Gasteiger partial charge in [-0.15, -0.1) is 11.3 Å². The summed E-state index contributed by atoms with van der Waals surface area (Å²) in [6.45, 7) is 1.93. The van der Waals surface area contributed by atoms with Crippen LogP contribution in [0.4, 0.5) is 9.39 Å². The lowest BCUT2D eigenvalue weighted by atomic mass is 10.2. The van der Waals surface area contributed by atoms with Crippen LogP contribution < -0.4 is 5.73 Å². The van der Waals surface area contributed by atoms with Gasteiger partial charge >= 0.3 is 0 Å². The summed E-state index contributed by atoms with van der Waals surface area (Å²) in [5.74, 6) is 0.564. The molecule has 0 aliphatic carbocycles. The van der Waals surface area contributed by atoms with Crippen molar-refractivity contribution in [3.63, 3.8) is 0 Å². The van der Waals surface area contributed by atoms with Crippen molar-refractivity contribution < 1.29 is 8.91 Å². The number of rotatable bonds is 2. The van der Waals surface area contributed by atoms with E-state index in [2.05, 4.69) is 10.1 Å². The zero-order valence-electron chi connectivity index (χ0n) is 10.1. The molecule has 0 amide bonds. The van der Waals surface area contributed by atoms with Gasteiger partial charge in [-0.3, -0.25) is 0 Å². The highest BCUT2D eigenvalue weighted by molar-refractivity contribution is 7.19. The lowest BCUT2D eigenvalue weighted by Gasteiger charge is -1.92. The lowest BCUT2D eigenvalue weighted by Crippen LogP contribution is -1.81. The fraction of sp³-hybridized carbons (Fsp3) is 0.0769. The van der Waals surface area contributed by atoms with Crippen LogP contribution in [0.1, 0.15) is 5.56 Å². The molecule has 3 rings (SSSR count). The number of hydrogen-bond donors (Lipinski definition) is 1. The van der Waals surface area contributed by atoms with E-state index < -0.39 is 0 Å². The number of aromatic nitrogens is 2. The Bertz CT molecular complexity index is 718. The van der Waals surface area contributed by atoms with Crippen molar-refractivity contribution in [2.45, 2.75) is 6.92 Å². The Morgan fingerprint density at radius 1 is 1.26 bits per heavy atom. The van der Waals surface area contributed by atoms with E-state index in [1.165, 1.54) is 23.5 Å². The van der Waals surface area contributed by atoms with Crippen LogP contribution in [-0.2, 0) is 0 Å². The molecule has 2 heterocycles. The topological polar surface area (TPSA) is 64.9 Å². The standard InChI is InChI=1S/C13H10FN3OS/c1-7-6-10(15)19-11(7)13-16-12(17-18-13)8-2-4-9(14)5-3-8/h2-6H,15H2,1H3. The molecule has 0 unspecified atom stereocenters. The summed E-state index contributed by atoms with van der Waals surface area (Å²) in [5, 5.41) is 4.60. The first-order chi connectivity index (χ1) is 9.13. The highest BCUT2D eigenvalue weighted by Gasteiger charge is 2.15. The molecule has 0 aliphatic heterocycles. The summed E-state index contributed by atoms with van der Waals surface area (Å²) in [5.41, 5.74) is 7.44. The smallest absolute Gasteiger partial charge is 0.268 e. The molecule has 1 aromatic carbocycles. The number of nitrogen functional groups attached to an aromatic ring is 1. The van der Waals surface area contributed by atoms with E-state index in [1.807, 2.05) is 13.0 Å². The molecule has 2 N–H and O–H groups in total. The summed E-state index contributed by atoms with van der Waals surface area (Å²) in [4.78, 5) is 5.17. The van der Waals surface area contributed by atoms with E-state index in [0.29, 0.717) is 22.3 Å². The second-order valence-electron chi connectivity index (χ2n) is 4.09. The van der Waals surface area contributed by atoms with Crippen molar-refractivity contribution in [2.75, 3.05) is 5.73 Å². The zero-order chi connectivity index (χ0) is 13.4. The van der Waals surface area contributed by atoms with E-state index in [4.69, 9.17) is 10.3 Å². The highest BCUT2D eigenvalue weighted by Crippen LogP contribution is 2.33. The first kappa shape index (κ1) is 11.9. The van der Waals surface area contributed by atoms with E-state index in [1.54, 1.807) is 12.1 Å². The van der Waals surface area contributed by atoms with Crippen molar-refractivity contribution in [1.29, 1.82) is 0 Å². The second kappa shape index (κ2) is 4.47. The largest absolute Gasteiger partial charge is 0.391 e. The molecular formula is C13H10FN3OS. The Labute approximate surface area is 112 Å². The van der Waals surface area contributed by atoms with Gasteiger partial charge in [-0.05, 0) is 42.8 Å². The molecule has 96 valence electrons. The van der Waals surface area contributed by atoms with E-state index in [0.717, 1.165) is 10.4 Å². The van der Waals surface area contributed by atoms with Crippen LogP contribution in [0.2, 0.25) is 0 Å². The zero-order valence-corrected chi connectivity index (χ0v) is 10.9. The number of benzene rings is 1. The third kappa shape index (κ3) is 2.22. The average Bonchev–Trinajstić information content (AvgIpc) is 2.97. The summed E-state index contributed by atoms with van der Waals surface area (Å²) in [7, 11) is 0. The molecular weight excluding hydrogens is 265 g/mol. The number of aryl methyl sites for hydroxylation is 1. The molecule has 3 aromatic rings. The van der Waals surface area contributed by atoms with Gasteiger partial charge in [0, 0.05) is 5.56 Å². The van der Waals surface area contributed by atoms with Crippen LogP contribution in [0.3, 0.4) is 0 Å². The molecule has 0 radical (unpaired) electrons. The molecule has 0 saturated carbocycles. The fourth-order valence-corrected chi connectivity index (χ4v) is 2.61. The first-order valence-electron chi connectivity index (χ1n) is 5.59. The maximum absolute atomic E-state index is 12.9. The number of nitrogens with two attached hydrogens (primary N) is 1. The summed E-state index contributed by atoms with van der Waals surface area (Å²) >= 11 is 1.40. The van der Waals surface area contributed by atoms with Gasteiger partial charge in [-0.2, -0.15) is 4.98 Å². The number of nitrogens with zero attached hydrogens (tertiary/aromatic N) is 2. The molecule has 0 atom stereocenters. The quantitative estimate of drug-likeness (QED) is 0.777. The van der Waals surface area contributed by atoms with Crippen LogP contribution >= 0.6 is 11.3 Å². The predicted octanol–water partition coefficient (Wildman–Crippen LogP) is 3.49. The number of thiophene rings is 1. The molecule has 2 aromatic heterocycles.